The van der Waals surface area contributed by atoms with E-state index in [0.717, 1.165) is 49.6 Å². The minimum Gasteiger partial charge on any atom is -0.335 e. The largest absolute Gasteiger partial charge is 0.335 e. The molecule has 0 aliphatic carbocycles. The van der Waals surface area contributed by atoms with Gasteiger partial charge in [0.2, 0.25) is 0 Å². The number of benzene rings is 1. The van der Waals surface area contributed by atoms with Crippen LogP contribution in [0.5, 0.6) is 0 Å². The molecule has 5 nitrogen and oxygen atoms in total. The topological polar surface area (TPSA) is 43.9 Å². The Kier molecular flexibility index (Phi) is 5.71. The van der Waals surface area contributed by atoms with Gasteiger partial charge in [-0.05, 0) is 48.9 Å². The number of nitrogens with zero attached hydrogens (tertiary/aromatic N) is 3. The van der Waals surface area contributed by atoms with Gasteiger partial charge in [0.05, 0.1) is 4.88 Å². The van der Waals surface area contributed by atoms with Crippen LogP contribution in [0.25, 0.3) is 0 Å². The van der Waals surface area contributed by atoms with Gasteiger partial charge in [-0.2, -0.15) is 0 Å². The van der Waals surface area contributed by atoms with Crippen molar-refractivity contribution < 1.29 is 9.59 Å². The van der Waals surface area contributed by atoms with E-state index in [1.165, 1.54) is 4.88 Å². The van der Waals surface area contributed by atoms with E-state index in [1.807, 2.05) is 15.9 Å². The lowest BCUT2D eigenvalue weighted by molar-refractivity contribution is 0.0648. The maximum atomic E-state index is 12.9. The predicted octanol–water partition coefficient (Wildman–Crippen LogP) is 3.38. The van der Waals surface area contributed by atoms with E-state index in [0.29, 0.717) is 23.7 Å². The van der Waals surface area contributed by atoms with Crippen molar-refractivity contribution in [1.82, 2.24) is 14.7 Å². The van der Waals surface area contributed by atoms with Crippen LogP contribution in [0.2, 0.25) is 5.02 Å². The third-order valence-corrected chi connectivity index (χ3v) is 7.04. The van der Waals surface area contributed by atoms with Crippen LogP contribution < -0.4 is 0 Å². The average Bonchev–Trinajstić information content (AvgIpc) is 3.16. The lowest BCUT2D eigenvalue weighted by Crippen LogP contribution is -2.48. The van der Waals surface area contributed by atoms with Gasteiger partial charge < -0.3 is 14.7 Å². The number of piperazine rings is 1. The van der Waals surface area contributed by atoms with Crippen LogP contribution >= 0.6 is 22.9 Å². The standard InChI is InChI=1S/C21H24ClN3O2S/c1-2-23-9-11-24(12-10-23)21(27)19-13-16-14-25(8-7-18(16)28-19)20(26)15-3-5-17(22)6-4-15/h3-6,13H,2,7-12,14H2,1H3. The number of thiophene rings is 1. The molecule has 0 bridgehead atoms. The molecule has 0 N–H and O–H groups in total. The first-order valence-corrected chi connectivity index (χ1v) is 10.9. The second-order valence-corrected chi connectivity index (χ2v) is 8.84. The van der Waals surface area contributed by atoms with Crippen LogP contribution in [-0.4, -0.2) is 65.8 Å². The first-order valence-electron chi connectivity index (χ1n) is 9.73. The molecule has 28 heavy (non-hydrogen) atoms. The molecular weight excluding hydrogens is 394 g/mol. The van der Waals surface area contributed by atoms with Crippen molar-refractivity contribution in [2.24, 2.45) is 0 Å². The molecule has 0 atom stereocenters. The fourth-order valence-corrected chi connectivity index (χ4v) is 5.07. The summed E-state index contributed by atoms with van der Waals surface area (Å²) in [4.78, 5) is 33.9. The first-order chi connectivity index (χ1) is 13.5. The maximum Gasteiger partial charge on any atom is 0.264 e. The Bertz CT molecular complexity index is 872. The normalized spacial score (nSPS) is 17.5. The number of rotatable bonds is 3. The molecule has 0 unspecified atom stereocenters. The van der Waals surface area contributed by atoms with Crippen molar-refractivity contribution in [2.75, 3.05) is 39.3 Å². The molecule has 3 heterocycles. The van der Waals surface area contributed by atoms with E-state index < -0.39 is 0 Å². The number of carbonyl (C=O) groups excluding carboxylic acids is 2. The van der Waals surface area contributed by atoms with Crippen LogP contribution in [-0.2, 0) is 13.0 Å². The van der Waals surface area contributed by atoms with E-state index in [1.54, 1.807) is 35.6 Å². The second kappa shape index (κ2) is 8.23. The van der Waals surface area contributed by atoms with Crippen LogP contribution in [0.4, 0.5) is 0 Å². The number of hydrogen-bond donors (Lipinski definition) is 0. The van der Waals surface area contributed by atoms with Gasteiger partial charge in [-0.3, -0.25) is 9.59 Å². The summed E-state index contributed by atoms with van der Waals surface area (Å²) in [5.74, 6) is 0.141. The smallest absolute Gasteiger partial charge is 0.264 e. The Morgan fingerprint density at radius 2 is 1.71 bits per heavy atom. The van der Waals surface area contributed by atoms with Crippen molar-refractivity contribution in [1.29, 1.82) is 0 Å². The van der Waals surface area contributed by atoms with Crippen LogP contribution in [0.3, 0.4) is 0 Å². The van der Waals surface area contributed by atoms with Crippen molar-refractivity contribution in [3.8, 4) is 0 Å². The summed E-state index contributed by atoms with van der Waals surface area (Å²) < 4.78 is 0. The van der Waals surface area contributed by atoms with Crippen LogP contribution in [0.15, 0.2) is 30.3 Å². The summed E-state index contributed by atoms with van der Waals surface area (Å²) in [5.41, 5.74) is 1.75. The Morgan fingerprint density at radius 1 is 1.00 bits per heavy atom. The number of carbonyl (C=O) groups is 2. The predicted molar refractivity (Wildman–Crippen MR) is 112 cm³/mol. The second-order valence-electron chi connectivity index (χ2n) is 7.27. The molecule has 4 rings (SSSR count). The highest BCUT2D eigenvalue weighted by Crippen LogP contribution is 2.30. The molecule has 2 aromatic rings. The monoisotopic (exact) mass is 417 g/mol. The molecular formula is C21H24ClN3O2S. The van der Waals surface area contributed by atoms with Crippen molar-refractivity contribution >= 4 is 34.8 Å². The van der Waals surface area contributed by atoms with Gasteiger partial charge in [0.15, 0.2) is 0 Å². The van der Waals surface area contributed by atoms with Crippen LogP contribution in [0, 0.1) is 0 Å². The molecule has 2 aliphatic rings. The third kappa shape index (κ3) is 3.95. The number of hydrogen-bond acceptors (Lipinski definition) is 4. The zero-order valence-electron chi connectivity index (χ0n) is 16.0. The molecule has 2 aliphatic heterocycles. The van der Waals surface area contributed by atoms with Gasteiger partial charge in [-0.25, -0.2) is 0 Å². The summed E-state index contributed by atoms with van der Waals surface area (Å²) in [7, 11) is 0. The van der Waals surface area contributed by atoms with Crippen molar-refractivity contribution in [3.05, 3.63) is 56.2 Å². The number of amides is 2. The molecule has 2 amide bonds. The average molecular weight is 418 g/mol. The molecule has 0 saturated carbocycles. The SMILES string of the molecule is CCN1CCN(C(=O)c2cc3c(s2)CCN(C(=O)c2ccc(Cl)cc2)C3)CC1. The summed E-state index contributed by atoms with van der Waals surface area (Å²) in [6.07, 6.45) is 0.802. The molecule has 1 aromatic carbocycles. The van der Waals surface area contributed by atoms with E-state index in [9.17, 15) is 9.59 Å². The minimum absolute atomic E-state index is 0.0112. The molecule has 0 radical (unpaired) electrons. The van der Waals surface area contributed by atoms with E-state index in [-0.39, 0.29) is 11.8 Å². The molecule has 1 saturated heterocycles. The van der Waals surface area contributed by atoms with E-state index in [4.69, 9.17) is 11.6 Å². The van der Waals surface area contributed by atoms with Gasteiger partial charge in [0.25, 0.3) is 11.8 Å². The van der Waals surface area contributed by atoms with Gasteiger partial charge >= 0.3 is 0 Å². The highest BCUT2D eigenvalue weighted by Gasteiger charge is 2.27. The molecule has 0 spiro atoms. The molecule has 1 aromatic heterocycles. The maximum absolute atomic E-state index is 12.9. The summed E-state index contributed by atoms with van der Waals surface area (Å²) >= 11 is 7.51. The van der Waals surface area contributed by atoms with E-state index in [2.05, 4.69) is 11.8 Å². The lowest BCUT2D eigenvalue weighted by atomic mass is 10.1. The fraction of sp³-hybridized carbons (Fsp3) is 0.429. The van der Waals surface area contributed by atoms with Crippen LogP contribution in [0.1, 0.15) is 37.4 Å². The Balaban J connectivity index is 1.44. The quantitative estimate of drug-likeness (QED) is 0.769. The van der Waals surface area contributed by atoms with Crippen molar-refractivity contribution in [2.45, 2.75) is 19.9 Å². The summed E-state index contributed by atoms with van der Waals surface area (Å²) in [5, 5.41) is 0.623. The summed E-state index contributed by atoms with van der Waals surface area (Å²) in [6.45, 7) is 7.89. The third-order valence-electron chi connectivity index (χ3n) is 5.56. The highest BCUT2D eigenvalue weighted by molar-refractivity contribution is 7.14. The zero-order valence-corrected chi connectivity index (χ0v) is 17.6. The summed E-state index contributed by atoms with van der Waals surface area (Å²) in [6, 6.07) is 9.00. The Labute approximate surface area is 174 Å². The number of likely N-dealkylation sites (N-methyl/N-ethyl adjacent to an activating group) is 1. The zero-order chi connectivity index (χ0) is 19.7. The van der Waals surface area contributed by atoms with Gasteiger partial charge in [-0.15, -0.1) is 11.3 Å². The molecule has 1 fully saturated rings. The van der Waals surface area contributed by atoms with Crippen molar-refractivity contribution in [3.63, 3.8) is 0 Å². The first kappa shape index (κ1) is 19.4. The van der Waals surface area contributed by atoms with Gasteiger partial charge in [-0.1, -0.05) is 18.5 Å². The Hall–Kier alpha value is -1.89. The highest BCUT2D eigenvalue weighted by atomic mass is 35.5. The minimum atomic E-state index is 0.0112. The molecule has 148 valence electrons. The number of fused-ring (bicyclic) bond motifs is 1. The van der Waals surface area contributed by atoms with Gasteiger partial charge in [0, 0.05) is 54.7 Å². The molecule has 7 heteroatoms. The van der Waals surface area contributed by atoms with Gasteiger partial charge in [0.1, 0.15) is 0 Å². The van der Waals surface area contributed by atoms with E-state index >= 15 is 0 Å². The Morgan fingerprint density at radius 3 is 2.39 bits per heavy atom. The fourth-order valence-electron chi connectivity index (χ4n) is 3.81. The lowest BCUT2D eigenvalue weighted by Gasteiger charge is -2.33. The number of halogens is 1.